The Labute approximate surface area is 147 Å². The van der Waals surface area contributed by atoms with Crippen molar-refractivity contribution in [3.05, 3.63) is 78.3 Å². The fourth-order valence-electron chi connectivity index (χ4n) is 2.67. The predicted molar refractivity (Wildman–Crippen MR) is 94.8 cm³/mol. The molecule has 3 rings (SSSR count). The third-order valence-electron chi connectivity index (χ3n) is 4.08. The quantitative estimate of drug-likeness (QED) is 0.719. The van der Waals surface area contributed by atoms with Crippen LogP contribution in [0.2, 0.25) is 0 Å². The van der Waals surface area contributed by atoms with Crippen molar-refractivity contribution in [1.29, 1.82) is 0 Å². The van der Waals surface area contributed by atoms with Crippen molar-refractivity contribution in [3.8, 4) is 0 Å². The highest BCUT2D eigenvalue weighted by Gasteiger charge is 2.13. The molecule has 0 saturated carbocycles. The van der Waals surface area contributed by atoms with Gasteiger partial charge in [-0.2, -0.15) is 0 Å². The maximum absolute atomic E-state index is 12.5. The molecule has 0 spiro atoms. The zero-order valence-electron chi connectivity index (χ0n) is 14.3. The molecule has 0 saturated heterocycles. The van der Waals surface area contributed by atoms with Crippen LogP contribution in [-0.4, -0.2) is 27.0 Å². The van der Waals surface area contributed by atoms with Gasteiger partial charge in [0.1, 0.15) is 0 Å². The van der Waals surface area contributed by atoms with Crippen LogP contribution < -0.4 is 5.32 Å². The summed E-state index contributed by atoms with van der Waals surface area (Å²) in [5.41, 5.74) is 3.25. The number of hydrogen-bond donors (Lipinski definition) is 1. The number of carbonyl (C=O) groups excluding carboxylic acids is 1. The fraction of sp³-hybridized carbons (Fsp3) is 0.263. The average molecular weight is 338 g/mol. The lowest BCUT2D eigenvalue weighted by Crippen LogP contribution is -2.39. The van der Waals surface area contributed by atoms with Crippen molar-refractivity contribution in [3.63, 3.8) is 0 Å². The molecule has 2 amide bonds. The highest BCUT2D eigenvalue weighted by Crippen LogP contribution is 2.11. The lowest BCUT2D eigenvalue weighted by atomic mass is 10.1. The topological polar surface area (TPSA) is 63.3 Å². The highest BCUT2D eigenvalue weighted by atomic mass is 16.3. The average Bonchev–Trinajstić information content (AvgIpc) is 3.32. The van der Waals surface area contributed by atoms with Crippen molar-refractivity contribution in [2.45, 2.75) is 26.6 Å². The molecule has 3 aromatic rings. The summed E-state index contributed by atoms with van der Waals surface area (Å²) in [4.78, 5) is 18.3. The first-order valence-electron chi connectivity index (χ1n) is 8.32. The summed E-state index contributed by atoms with van der Waals surface area (Å²) in [7, 11) is 0. The van der Waals surface area contributed by atoms with Crippen molar-refractivity contribution >= 4 is 6.03 Å². The van der Waals surface area contributed by atoms with E-state index < -0.39 is 0 Å². The first kappa shape index (κ1) is 16.8. The van der Waals surface area contributed by atoms with Gasteiger partial charge in [0.25, 0.3) is 0 Å². The van der Waals surface area contributed by atoms with Crippen LogP contribution in [-0.2, 0) is 19.6 Å². The Morgan fingerprint density at radius 1 is 1.28 bits per heavy atom. The summed E-state index contributed by atoms with van der Waals surface area (Å²) < 4.78 is 7.08. The van der Waals surface area contributed by atoms with Gasteiger partial charge >= 0.3 is 6.03 Å². The van der Waals surface area contributed by atoms with E-state index in [1.807, 2.05) is 42.0 Å². The van der Waals surface area contributed by atoms with E-state index in [0.717, 1.165) is 17.7 Å². The van der Waals surface area contributed by atoms with Crippen LogP contribution >= 0.6 is 0 Å². The summed E-state index contributed by atoms with van der Waals surface area (Å²) in [6.07, 6.45) is 8.77. The van der Waals surface area contributed by atoms with E-state index in [1.54, 1.807) is 30.0 Å². The molecule has 6 heteroatoms. The lowest BCUT2D eigenvalue weighted by molar-refractivity contribution is 0.197. The third-order valence-corrected chi connectivity index (χ3v) is 4.08. The molecule has 0 atom stereocenters. The molecule has 1 aromatic carbocycles. The number of benzene rings is 1. The number of hydrogen-bond acceptors (Lipinski definition) is 3. The number of aromatic nitrogens is 2. The van der Waals surface area contributed by atoms with E-state index in [1.165, 1.54) is 5.56 Å². The zero-order valence-corrected chi connectivity index (χ0v) is 14.3. The SMILES string of the molecule is CCN(Cc1ccoc1)C(=O)NCc1ccccc1Cn1ccnc1. The van der Waals surface area contributed by atoms with Gasteiger partial charge in [0.15, 0.2) is 0 Å². The number of urea groups is 1. The van der Waals surface area contributed by atoms with Gasteiger partial charge in [0.2, 0.25) is 0 Å². The molecule has 2 aromatic heterocycles. The minimum absolute atomic E-state index is 0.0823. The normalized spacial score (nSPS) is 10.6. The largest absolute Gasteiger partial charge is 0.472 e. The molecule has 0 aliphatic heterocycles. The van der Waals surface area contributed by atoms with Crippen LogP contribution in [0.1, 0.15) is 23.6 Å². The maximum Gasteiger partial charge on any atom is 0.317 e. The molecule has 130 valence electrons. The van der Waals surface area contributed by atoms with Gasteiger partial charge in [0, 0.05) is 37.6 Å². The minimum Gasteiger partial charge on any atom is -0.472 e. The number of imidazole rings is 1. The summed E-state index contributed by atoms with van der Waals surface area (Å²) in [5, 5.41) is 3.01. The van der Waals surface area contributed by atoms with Crippen LogP contribution in [0.5, 0.6) is 0 Å². The first-order chi connectivity index (χ1) is 12.3. The van der Waals surface area contributed by atoms with Gasteiger partial charge in [0.05, 0.1) is 25.4 Å². The number of rotatable bonds is 7. The molecule has 25 heavy (non-hydrogen) atoms. The number of amides is 2. The first-order valence-corrected chi connectivity index (χ1v) is 8.32. The van der Waals surface area contributed by atoms with Crippen LogP contribution in [0.25, 0.3) is 0 Å². The van der Waals surface area contributed by atoms with Crippen LogP contribution in [0.4, 0.5) is 4.79 Å². The Morgan fingerprint density at radius 3 is 2.80 bits per heavy atom. The van der Waals surface area contributed by atoms with Crippen molar-refractivity contribution in [2.24, 2.45) is 0 Å². The van der Waals surface area contributed by atoms with Crippen LogP contribution in [0.15, 0.2) is 66.0 Å². The summed E-state index contributed by atoms with van der Waals surface area (Å²) in [5.74, 6) is 0. The number of furan rings is 1. The third kappa shape index (κ3) is 4.50. The number of carbonyl (C=O) groups is 1. The number of nitrogens with one attached hydrogen (secondary N) is 1. The summed E-state index contributed by atoms with van der Waals surface area (Å²) in [6.45, 7) is 4.36. The van der Waals surface area contributed by atoms with Crippen molar-refractivity contribution < 1.29 is 9.21 Å². The predicted octanol–water partition coefficient (Wildman–Crippen LogP) is 3.26. The Morgan fingerprint density at radius 2 is 2.12 bits per heavy atom. The van der Waals surface area contributed by atoms with Gasteiger partial charge in [-0.1, -0.05) is 24.3 Å². The van der Waals surface area contributed by atoms with Gasteiger partial charge in [-0.3, -0.25) is 0 Å². The molecular formula is C19H22N4O2. The molecule has 2 heterocycles. The summed E-state index contributed by atoms with van der Waals surface area (Å²) >= 11 is 0. The molecule has 0 bridgehead atoms. The highest BCUT2D eigenvalue weighted by molar-refractivity contribution is 5.74. The molecule has 0 fully saturated rings. The van der Waals surface area contributed by atoms with Crippen LogP contribution in [0.3, 0.4) is 0 Å². The Bertz CT molecular complexity index is 782. The Hall–Kier alpha value is -3.02. The molecular weight excluding hydrogens is 316 g/mol. The van der Waals surface area contributed by atoms with Crippen LogP contribution in [0, 0.1) is 0 Å². The maximum atomic E-state index is 12.5. The van der Waals surface area contributed by atoms with Crippen molar-refractivity contribution in [2.75, 3.05) is 6.54 Å². The smallest absolute Gasteiger partial charge is 0.317 e. The second-order valence-corrected chi connectivity index (χ2v) is 5.81. The molecule has 0 radical (unpaired) electrons. The van der Waals surface area contributed by atoms with Crippen molar-refractivity contribution in [1.82, 2.24) is 19.8 Å². The van der Waals surface area contributed by atoms with Gasteiger partial charge in [-0.05, 0) is 24.1 Å². The standard InChI is InChI=1S/C19H22N4O2/c1-2-23(12-16-7-10-25-14-16)19(24)21-11-17-5-3-4-6-18(17)13-22-9-8-20-15-22/h3-10,14-15H,2,11-13H2,1H3,(H,21,24). The molecule has 1 N–H and O–H groups in total. The molecule has 0 aliphatic rings. The van der Waals surface area contributed by atoms with E-state index in [-0.39, 0.29) is 6.03 Å². The summed E-state index contributed by atoms with van der Waals surface area (Å²) in [6, 6.07) is 9.90. The lowest BCUT2D eigenvalue weighted by Gasteiger charge is -2.21. The fourth-order valence-corrected chi connectivity index (χ4v) is 2.67. The molecule has 6 nitrogen and oxygen atoms in total. The van der Waals surface area contributed by atoms with E-state index in [9.17, 15) is 4.79 Å². The number of nitrogens with zero attached hydrogens (tertiary/aromatic N) is 3. The molecule has 0 aliphatic carbocycles. The monoisotopic (exact) mass is 338 g/mol. The molecule has 0 unspecified atom stereocenters. The van der Waals surface area contributed by atoms with E-state index in [2.05, 4.69) is 16.4 Å². The second-order valence-electron chi connectivity index (χ2n) is 5.81. The van der Waals surface area contributed by atoms with Gasteiger partial charge in [-0.25, -0.2) is 9.78 Å². The van der Waals surface area contributed by atoms with Gasteiger partial charge in [-0.15, -0.1) is 0 Å². The van der Waals surface area contributed by atoms with Gasteiger partial charge < -0.3 is 19.2 Å². The Balaban J connectivity index is 1.61. The minimum atomic E-state index is -0.0823. The van der Waals surface area contributed by atoms with E-state index in [4.69, 9.17) is 4.42 Å². The van der Waals surface area contributed by atoms with E-state index in [0.29, 0.717) is 19.6 Å². The zero-order chi connectivity index (χ0) is 17.5. The van der Waals surface area contributed by atoms with E-state index >= 15 is 0 Å². The Kier molecular flexibility index (Phi) is 5.51. The second kappa shape index (κ2) is 8.19.